The number of carbonyl (C=O) groups is 1. The largest absolute Gasteiger partial charge is 0.490 e. The summed E-state index contributed by atoms with van der Waals surface area (Å²) in [6, 6.07) is 16.7. The molecule has 4 aromatic rings. The first-order valence-electron chi connectivity index (χ1n) is 13.6. The van der Waals surface area contributed by atoms with Crippen LogP contribution in [0.15, 0.2) is 77.1 Å². The van der Waals surface area contributed by atoms with Crippen LogP contribution >= 0.6 is 35.0 Å². The number of allylic oxidation sites excluding steroid dienone is 1. The lowest BCUT2D eigenvalue weighted by Gasteiger charge is -2.28. The molecule has 0 radical (unpaired) electrons. The lowest BCUT2D eigenvalue weighted by Crippen LogP contribution is -2.29. The molecule has 0 fully saturated rings. The molecule has 2 heterocycles. The van der Waals surface area contributed by atoms with Crippen LogP contribution in [0.3, 0.4) is 0 Å². The molecule has 1 aromatic heterocycles. The molecule has 0 saturated carbocycles. The number of fused-ring (bicyclic) bond motifs is 1. The maximum atomic E-state index is 14.4. The summed E-state index contributed by atoms with van der Waals surface area (Å²) < 4.78 is 33.3. The Morgan fingerprint density at radius 2 is 1.81 bits per heavy atom. The van der Waals surface area contributed by atoms with Gasteiger partial charge in [0.2, 0.25) is 11.1 Å². The Bertz CT molecular complexity index is 1660. The Morgan fingerprint density at radius 3 is 2.56 bits per heavy atom. The fourth-order valence-electron chi connectivity index (χ4n) is 4.63. The van der Waals surface area contributed by atoms with Gasteiger partial charge in [0.25, 0.3) is 0 Å². The summed E-state index contributed by atoms with van der Waals surface area (Å²) in [7, 11) is 0. The standard InChI is InChI=1S/C31H29Cl2FN4O4S/c1-4-40-26-15-19(13-14-25(26)42-16-21-23(33)11-8-12-24(21)34)28-27(29(39)41-5-2)18(3)35-30-36-31(37-38(28)30)43-17-20-9-6-7-10-22(20)32/h6-15,28H,4-5,16-17H2,1-3H3,(H,35,36,37). The molecule has 5 rings (SSSR count). The van der Waals surface area contributed by atoms with Crippen LogP contribution in [-0.4, -0.2) is 33.9 Å². The highest BCUT2D eigenvalue weighted by Gasteiger charge is 2.36. The molecule has 0 bridgehead atoms. The summed E-state index contributed by atoms with van der Waals surface area (Å²) in [5.41, 5.74) is 2.87. The molecule has 0 spiro atoms. The van der Waals surface area contributed by atoms with E-state index < -0.39 is 17.8 Å². The number of ether oxygens (including phenoxy) is 3. The molecule has 0 saturated heterocycles. The van der Waals surface area contributed by atoms with E-state index in [9.17, 15) is 9.18 Å². The molecular weight excluding hydrogens is 614 g/mol. The fraction of sp³-hybridized carbons (Fsp3) is 0.258. The Balaban J connectivity index is 1.50. The van der Waals surface area contributed by atoms with Crippen LogP contribution in [0.25, 0.3) is 0 Å². The van der Waals surface area contributed by atoms with E-state index >= 15 is 0 Å². The summed E-state index contributed by atoms with van der Waals surface area (Å²) in [6.07, 6.45) is 0. The van der Waals surface area contributed by atoms with Gasteiger partial charge >= 0.3 is 5.97 Å². The van der Waals surface area contributed by atoms with Crippen molar-refractivity contribution < 1.29 is 23.4 Å². The number of hydrogen-bond acceptors (Lipinski definition) is 8. The molecular formula is C31H29Cl2FN4O4S. The first kappa shape index (κ1) is 30.7. The zero-order valence-corrected chi connectivity index (χ0v) is 26.0. The Hall–Kier alpha value is -3.73. The van der Waals surface area contributed by atoms with Gasteiger partial charge in [0.15, 0.2) is 11.5 Å². The van der Waals surface area contributed by atoms with E-state index in [1.165, 1.54) is 23.9 Å². The molecule has 43 heavy (non-hydrogen) atoms. The van der Waals surface area contributed by atoms with Crippen molar-refractivity contribution in [3.8, 4) is 11.5 Å². The lowest BCUT2D eigenvalue weighted by molar-refractivity contribution is -0.139. The summed E-state index contributed by atoms with van der Waals surface area (Å²) >= 11 is 14.0. The second kappa shape index (κ2) is 13.7. The molecule has 1 N–H and O–H groups in total. The highest BCUT2D eigenvalue weighted by atomic mass is 35.5. The van der Waals surface area contributed by atoms with Gasteiger partial charge in [0, 0.05) is 22.0 Å². The first-order chi connectivity index (χ1) is 20.8. The van der Waals surface area contributed by atoms with E-state index in [4.69, 9.17) is 42.5 Å². The molecule has 0 amide bonds. The average Bonchev–Trinajstić information content (AvgIpc) is 3.39. The van der Waals surface area contributed by atoms with E-state index in [-0.39, 0.29) is 23.8 Å². The lowest BCUT2D eigenvalue weighted by atomic mass is 9.95. The highest BCUT2D eigenvalue weighted by molar-refractivity contribution is 7.98. The number of benzene rings is 3. The minimum atomic E-state index is -0.674. The Kier molecular flexibility index (Phi) is 9.79. The second-order valence-corrected chi connectivity index (χ2v) is 11.2. The second-order valence-electron chi connectivity index (χ2n) is 9.46. The molecule has 0 aliphatic carbocycles. The van der Waals surface area contributed by atoms with Gasteiger partial charge in [0.05, 0.1) is 23.8 Å². The van der Waals surface area contributed by atoms with Gasteiger partial charge in [-0.2, -0.15) is 4.98 Å². The van der Waals surface area contributed by atoms with Crippen LogP contribution in [0, 0.1) is 5.82 Å². The average molecular weight is 644 g/mol. The third-order valence-electron chi connectivity index (χ3n) is 6.66. The highest BCUT2D eigenvalue weighted by Crippen LogP contribution is 2.40. The molecule has 12 heteroatoms. The van der Waals surface area contributed by atoms with Crippen molar-refractivity contribution >= 4 is 46.9 Å². The normalized spacial score (nSPS) is 14.2. The van der Waals surface area contributed by atoms with Crippen molar-refractivity contribution in [3.63, 3.8) is 0 Å². The number of nitrogens with one attached hydrogen (secondary N) is 1. The van der Waals surface area contributed by atoms with Crippen LogP contribution in [0.2, 0.25) is 10.0 Å². The van der Waals surface area contributed by atoms with Crippen LogP contribution in [0.1, 0.15) is 43.5 Å². The number of aromatic nitrogens is 3. The van der Waals surface area contributed by atoms with E-state index in [1.807, 2.05) is 37.3 Å². The number of nitrogens with zero attached hydrogens (tertiary/aromatic N) is 3. The fourth-order valence-corrected chi connectivity index (χ4v) is 5.97. The molecule has 8 nitrogen and oxygen atoms in total. The van der Waals surface area contributed by atoms with E-state index in [0.717, 1.165) is 5.56 Å². The molecule has 1 unspecified atom stereocenters. The van der Waals surface area contributed by atoms with E-state index in [2.05, 4.69) is 10.3 Å². The smallest absolute Gasteiger partial charge is 0.338 e. The summed E-state index contributed by atoms with van der Waals surface area (Å²) in [6.45, 7) is 5.87. The monoisotopic (exact) mass is 642 g/mol. The van der Waals surface area contributed by atoms with Gasteiger partial charge in [-0.25, -0.2) is 13.9 Å². The van der Waals surface area contributed by atoms with Gasteiger partial charge in [0.1, 0.15) is 18.5 Å². The van der Waals surface area contributed by atoms with Gasteiger partial charge in [-0.3, -0.25) is 0 Å². The van der Waals surface area contributed by atoms with Crippen molar-refractivity contribution in [2.24, 2.45) is 0 Å². The third kappa shape index (κ3) is 6.76. The Labute approximate surface area is 263 Å². The molecule has 224 valence electrons. The van der Waals surface area contributed by atoms with Gasteiger partial charge < -0.3 is 19.5 Å². The zero-order chi connectivity index (χ0) is 30.5. The predicted octanol–water partition coefficient (Wildman–Crippen LogP) is 7.85. The van der Waals surface area contributed by atoms with Crippen LogP contribution in [0.4, 0.5) is 10.3 Å². The first-order valence-corrected chi connectivity index (χ1v) is 15.3. The molecule has 1 aliphatic heterocycles. The molecule has 3 aromatic carbocycles. The number of carbonyl (C=O) groups excluding carboxylic acids is 1. The molecule has 1 atom stereocenters. The van der Waals surface area contributed by atoms with Crippen molar-refractivity contribution in [2.45, 2.75) is 44.3 Å². The number of esters is 1. The minimum Gasteiger partial charge on any atom is -0.490 e. The van der Waals surface area contributed by atoms with Crippen molar-refractivity contribution in [3.05, 3.63) is 104 Å². The van der Waals surface area contributed by atoms with E-state index in [1.54, 1.807) is 36.7 Å². The van der Waals surface area contributed by atoms with Crippen molar-refractivity contribution in [1.29, 1.82) is 0 Å². The third-order valence-corrected chi connectivity index (χ3v) is 8.27. The Morgan fingerprint density at radius 1 is 1.02 bits per heavy atom. The molecule has 1 aliphatic rings. The van der Waals surface area contributed by atoms with Crippen LogP contribution < -0.4 is 14.8 Å². The number of halogens is 3. The quantitative estimate of drug-likeness (QED) is 0.131. The van der Waals surface area contributed by atoms with E-state index in [0.29, 0.717) is 56.8 Å². The summed E-state index contributed by atoms with van der Waals surface area (Å²) in [5, 5.41) is 9.42. The zero-order valence-electron chi connectivity index (χ0n) is 23.7. The predicted molar refractivity (Wildman–Crippen MR) is 165 cm³/mol. The van der Waals surface area contributed by atoms with Gasteiger partial charge in [-0.15, -0.1) is 5.10 Å². The van der Waals surface area contributed by atoms with Crippen LogP contribution in [0.5, 0.6) is 11.5 Å². The van der Waals surface area contributed by atoms with Gasteiger partial charge in [-0.05, 0) is 62.2 Å². The SMILES string of the molecule is CCOC(=O)C1=C(C)Nc2nc(SCc3ccccc3Cl)nn2C1c1ccc(OCc2c(F)cccc2Cl)c(OCC)c1. The maximum Gasteiger partial charge on any atom is 0.338 e. The summed E-state index contributed by atoms with van der Waals surface area (Å²) in [4.78, 5) is 17.9. The summed E-state index contributed by atoms with van der Waals surface area (Å²) in [5.74, 6) is 0.922. The minimum absolute atomic E-state index is 0.0927. The maximum absolute atomic E-state index is 14.4. The number of anilines is 1. The topological polar surface area (TPSA) is 87.5 Å². The van der Waals surface area contributed by atoms with Crippen LogP contribution in [-0.2, 0) is 21.9 Å². The number of rotatable bonds is 11. The number of hydrogen-bond donors (Lipinski definition) is 1. The van der Waals surface area contributed by atoms with Crippen molar-refractivity contribution in [1.82, 2.24) is 14.8 Å². The van der Waals surface area contributed by atoms with Crippen molar-refractivity contribution in [2.75, 3.05) is 18.5 Å². The van der Waals surface area contributed by atoms with Gasteiger partial charge in [-0.1, -0.05) is 65.3 Å². The number of thioether (sulfide) groups is 1.